The van der Waals surface area contributed by atoms with E-state index in [1.54, 1.807) is 0 Å². The van der Waals surface area contributed by atoms with Crippen molar-refractivity contribution in [2.45, 2.75) is 12.1 Å². The first-order valence-electron chi connectivity index (χ1n) is 5.54. The number of benzene rings is 1. The predicted octanol–water partition coefficient (Wildman–Crippen LogP) is 0.595. The summed E-state index contributed by atoms with van der Waals surface area (Å²) in [4.78, 5) is 0. The second-order valence-electron chi connectivity index (χ2n) is 3.93. The quantitative estimate of drug-likeness (QED) is 0.672. The second kappa shape index (κ2) is 7.38. The van der Waals surface area contributed by atoms with Crippen LogP contribution in [0.15, 0.2) is 18.2 Å². The van der Waals surface area contributed by atoms with Crippen molar-refractivity contribution in [1.29, 1.82) is 0 Å². The highest BCUT2D eigenvalue weighted by Crippen LogP contribution is 2.15. The average Bonchev–Trinajstić information content (AvgIpc) is 2.37. The molecule has 0 saturated carbocycles. The molecule has 0 aliphatic rings. The summed E-state index contributed by atoms with van der Waals surface area (Å²) in [6.45, 7) is 0.263. The smallest absolute Gasteiger partial charge is 0.159 e. The lowest BCUT2D eigenvalue weighted by Crippen LogP contribution is -2.38. The maximum absolute atomic E-state index is 13.0. The van der Waals surface area contributed by atoms with Crippen LogP contribution in [0.4, 0.5) is 8.78 Å². The molecule has 3 N–H and O–H groups in total. The van der Waals surface area contributed by atoms with Crippen LogP contribution in [0.5, 0.6) is 0 Å². The van der Waals surface area contributed by atoms with Gasteiger partial charge in [0.05, 0.1) is 25.4 Å². The first-order chi connectivity index (χ1) is 8.58. The fourth-order valence-corrected chi connectivity index (χ4v) is 1.49. The van der Waals surface area contributed by atoms with Gasteiger partial charge in [-0.3, -0.25) is 0 Å². The van der Waals surface area contributed by atoms with E-state index in [4.69, 9.17) is 9.84 Å². The number of hydrogen-bond acceptors (Lipinski definition) is 4. The van der Waals surface area contributed by atoms with Crippen molar-refractivity contribution in [1.82, 2.24) is 5.32 Å². The van der Waals surface area contributed by atoms with Gasteiger partial charge >= 0.3 is 0 Å². The van der Waals surface area contributed by atoms with E-state index in [0.717, 1.165) is 12.1 Å². The molecule has 6 heteroatoms. The Morgan fingerprint density at radius 2 is 2.06 bits per heavy atom. The highest BCUT2D eigenvalue weighted by Gasteiger charge is 2.13. The molecule has 4 nitrogen and oxygen atoms in total. The van der Waals surface area contributed by atoms with Gasteiger partial charge in [0.15, 0.2) is 11.6 Å². The number of rotatable bonds is 7. The van der Waals surface area contributed by atoms with Gasteiger partial charge in [-0.15, -0.1) is 0 Å². The molecule has 102 valence electrons. The third kappa shape index (κ3) is 4.30. The molecule has 1 aromatic carbocycles. The zero-order valence-electron chi connectivity index (χ0n) is 10.1. The summed E-state index contributed by atoms with van der Waals surface area (Å²) in [7, 11) is 1.50. The van der Waals surface area contributed by atoms with Crippen LogP contribution < -0.4 is 5.32 Å². The highest BCUT2D eigenvalue weighted by molar-refractivity contribution is 5.20. The van der Waals surface area contributed by atoms with Crippen LogP contribution in [0.3, 0.4) is 0 Å². The standard InChI is InChI=1S/C12H17F2NO3/c1-18-7-9(6-16)15-5-12(17)8-2-3-10(13)11(14)4-8/h2-4,9,12,15-17H,5-7H2,1H3. The molecule has 0 aliphatic heterocycles. The Morgan fingerprint density at radius 3 is 2.61 bits per heavy atom. The summed E-state index contributed by atoms with van der Waals surface area (Å²) in [5, 5.41) is 21.6. The van der Waals surface area contributed by atoms with Crippen LogP contribution in [0.1, 0.15) is 11.7 Å². The maximum Gasteiger partial charge on any atom is 0.159 e. The third-order valence-electron chi connectivity index (χ3n) is 2.52. The molecule has 1 aromatic rings. The molecule has 0 fully saturated rings. The molecule has 0 heterocycles. The zero-order chi connectivity index (χ0) is 13.5. The van der Waals surface area contributed by atoms with Crippen molar-refractivity contribution < 1.29 is 23.7 Å². The zero-order valence-corrected chi connectivity index (χ0v) is 10.1. The number of ether oxygens (including phenoxy) is 1. The molecule has 1 rings (SSSR count). The largest absolute Gasteiger partial charge is 0.395 e. The van der Waals surface area contributed by atoms with Crippen molar-refractivity contribution in [3.8, 4) is 0 Å². The average molecular weight is 261 g/mol. The minimum absolute atomic E-state index is 0.111. The minimum Gasteiger partial charge on any atom is -0.395 e. The lowest BCUT2D eigenvalue weighted by Gasteiger charge is -2.18. The Balaban J connectivity index is 2.53. The lowest BCUT2D eigenvalue weighted by molar-refractivity contribution is 0.111. The van der Waals surface area contributed by atoms with Gasteiger partial charge in [0.25, 0.3) is 0 Å². The fraction of sp³-hybridized carbons (Fsp3) is 0.500. The van der Waals surface area contributed by atoms with Gasteiger partial charge in [-0.1, -0.05) is 6.07 Å². The van der Waals surface area contributed by atoms with Gasteiger partial charge in [0.1, 0.15) is 0 Å². The topological polar surface area (TPSA) is 61.7 Å². The van der Waals surface area contributed by atoms with Crippen molar-refractivity contribution in [3.63, 3.8) is 0 Å². The van der Waals surface area contributed by atoms with Crippen molar-refractivity contribution in [3.05, 3.63) is 35.4 Å². The molecular formula is C12H17F2NO3. The van der Waals surface area contributed by atoms with Crippen LogP contribution in [-0.4, -0.2) is 43.1 Å². The molecule has 0 amide bonds. The third-order valence-corrected chi connectivity index (χ3v) is 2.52. The van der Waals surface area contributed by atoms with Gasteiger partial charge < -0.3 is 20.3 Å². The summed E-state index contributed by atoms with van der Waals surface area (Å²) >= 11 is 0. The van der Waals surface area contributed by atoms with E-state index in [9.17, 15) is 13.9 Å². The summed E-state index contributed by atoms with van der Waals surface area (Å²) in [6, 6.07) is 2.92. The van der Waals surface area contributed by atoms with Gasteiger partial charge in [-0.2, -0.15) is 0 Å². The number of halogens is 2. The Hall–Kier alpha value is -1.08. The number of aliphatic hydroxyl groups is 2. The monoisotopic (exact) mass is 261 g/mol. The number of methoxy groups -OCH3 is 1. The molecule has 0 radical (unpaired) electrons. The van der Waals surface area contributed by atoms with Gasteiger partial charge in [0.2, 0.25) is 0 Å². The van der Waals surface area contributed by atoms with Crippen molar-refractivity contribution >= 4 is 0 Å². The van der Waals surface area contributed by atoms with E-state index >= 15 is 0 Å². The Kier molecular flexibility index (Phi) is 6.14. The SMILES string of the molecule is COCC(CO)NCC(O)c1ccc(F)c(F)c1. The van der Waals surface area contributed by atoms with E-state index < -0.39 is 17.7 Å². The second-order valence-corrected chi connectivity index (χ2v) is 3.93. The van der Waals surface area contributed by atoms with E-state index in [1.807, 2.05) is 0 Å². The van der Waals surface area contributed by atoms with Crippen LogP contribution in [0, 0.1) is 11.6 Å². The van der Waals surface area contributed by atoms with E-state index in [-0.39, 0.29) is 24.8 Å². The fourth-order valence-electron chi connectivity index (χ4n) is 1.49. The van der Waals surface area contributed by atoms with Crippen molar-refractivity contribution in [2.24, 2.45) is 0 Å². The molecule has 2 atom stereocenters. The first kappa shape index (κ1) is 15.0. The Morgan fingerprint density at radius 1 is 1.33 bits per heavy atom. The molecule has 0 aromatic heterocycles. The summed E-state index contributed by atoms with van der Waals surface area (Å²) in [5.74, 6) is -1.95. The maximum atomic E-state index is 13.0. The summed E-state index contributed by atoms with van der Waals surface area (Å²) in [6.07, 6.45) is -0.981. The van der Waals surface area contributed by atoms with Crippen molar-refractivity contribution in [2.75, 3.05) is 26.9 Å². The molecule has 0 aliphatic carbocycles. The summed E-state index contributed by atoms with van der Waals surface area (Å²) < 4.78 is 30.5. The molecule has 0 bridgehead atoms. The first-order valence-corrected chi connectivity index (χ1v) is 5.54. The number of hydrogen-bond donors (Lipinski definition) is 3. The van der Waals surface area contributed by atoms with Gasteiger partial charge in [0, 0.05) is 13.7 Å². The minimum atomic E-state index is -0.998. The van der Waals surface area contributed by atoms with Gasteiger partial charge in [-0.25, -0.2) is 8.78 Å². The van der Waals surface area contributed by atoms with Crippen LogP contribution >= 0.6 is 0 Å². The highest BCUT2D eigenvalue weighted by atomic mass is 19.2. The van der Waals surface area contributed by atoms with Crippen LogP contribution in [0.25, 0.3) is 0 Å². The van der Waals surface area contributed by atoms with E-state index in [0.29, 0.717) is 6.61 Å². The normalized spacial score (nSPS) is 14.5. The molecule has 2 unspecified atom stereocenters. The molecule has 0 spiro atoms. The number of nitrogens with one attached hydrogen (secondary N) is 1. The van der Waals surface area contributed by atoms with Crippen LogP contribution in [0.2, 0.25) is 0 Å². The Labute approximate surface area is 104 Å². The lowest BCUT2D eigenvalue weighted by atomic mass is 10.1. The Bertz CT molecular complexity index is 376. The summed E-state index contributed by atoms with van der Waals surface area (Å²) in [5.41, 5.74) is 0.274. The molecular weight excluding hydrogens is 244 g/mol. The van der Waals surface area contributed by atoms with E-state index in [2.05, 4.69) is 5.32 Å². The van der Waals surface area contributed by atoms with E-state index in [1.165, 1.54) is 13.2 Å². The predicted molar refractivity (Wildman–Crippen MR) is 62.1 cm³/mol. The van der Waals surface area contributed by atoms with Crippen LogP contribution in [-0.2, 0) is 4.74 Å². The molecule has 18 heavy (non-hydrogen) atoms. The number of aliphatic hydroxyl groups excluding tert-OH is 2. The van der Waals surface area contributed by atoms with Gasteiger partial charge in [-0.05, 0) is 17.7 Å². The molecule has 0 saturated heterocycles.